The molecule has 1 unspecified atom stereocenters. The van der Waals surface area contributed by atoms with Crippen molar-refractivity contribution in [1.29, 1.82) is 0 Å². The van der Waals surface area contributed by atoms with Crippen LogP contribution < -0.4 is 5.73 Å². The van der Waals surface area contributed by atoms with Gasteiger partial charge in [0.25, 0.3) is 0 Å². The highest BCUT2D eigenvalue weighted by molar-refractivity contribution is 5.77. The molecular weight excluding hydrogens is 247 g/mol. The third-order valence-corrected chi connectivity index (χ3v) is 2.97. The molecule has 5 heteroatoms. The number of nitrogens with two attached hydrogens (primary N) is 1. The predicted molar refractivity (Wildman–Crippen MR) is 72.1 cm³/mol. The van der Waals surface area contributed by atoms with E-state index in [0.717, 1.165) is 5.56 Å². The Morgan fingerprint density at radius 2 is 2.05 bits per heavy atom. The minimum absolute atomic E-state index is 0.0244. The first kappa shape index (κ1) is 15.6. The minimum atomic E-state index is -0.281. The molecule has 0 saturated carbocycles. The molecule has 0 aliphatic rings. The van der Waals surface area contributed by atoms with Crippen LogP contribution in [0.4, 0.5) is 4.39 Å². The highest BCUT2D eigenvalue weighted by Crippen LogP contribution is 2.20. The Hall–Kier alpha value is -1.46. The molecule has 1 atom stereocenters. The predicted octanol–water partition coefficient (Wildman–Crippen LogP) is 1.71. The zero-order valence-electron chi connectivity index (χ0n) is 11.4. The summed E-state index contributed by atoms with van der Waals surface area (Å²) in [4.78, 5) is 13.7. The van der Waals surface area contributed by atoms with Crippen LogP contribution in [-0.2, 0) is 9.53 Å². The highest BCUT2D eigenvalue weighted by atomic mass is 19.1. The number of hydrogen-bond donors (Lipinski definition) is 1. The second-order valence-electron chi connectivity index (χ2n) is 4.25. The lowest BCUT2D eigenvalue weighted by Gasteiger charge is -2.28. The van der Waals surface area contributed by atoms with E-state index in [2.05, 4.69) is 0 Å². The van der Waals surface area contributed by atoms with Gasteiger partial charge in [-0.1, -0.05) is 12.1 Å². The maximum atomic E-state index is 12.9. The van der Waals surface area contributed by atoms with E-state index < -0.39 is 0 Å². The summed E-state index contributed by atoms with van der Waals surface area (Å²) in [5, 5.41) is 0. The smallest absolute Gasteiger partial charge is 0.249 e. The molecule has 0 radical (unpaired) electrons. The molecule has 1 aromatic carbocycles. The van der Waals surface area contributed by atoms with E-state index in [1.807, 2.05) is 13.8 Å². The van der Waals surface area contributed by atoms with Crippen molar-refractivity contribution >= 4 is 5.91 Å². The summed E-state index contributed by atoms with van der Waals surface area (Å²) in [7, 11) is 0. The largest absolute Gasteiger partial charge is 0.370 e. The molecular formula is C14H21FN2O2. The number of carbonyl (C=O) groups excluding carboxylic acids is 1. The van der Waals surface area contributed by atoms with Gasteiger partial charge in [-0.05, 0) is 31.5 Å². The summed E-state index contributed by atoms with van der Waals surface area (Å²) in [6.07, 6.45) is 0. The average molecular weight is 268 g/mol. The lowest BCUT2D eigenvalue weighted by Crippen LogP contribution is -2.36. The quantitative estimate of drug-likeness (QED) is 0.766. The maximum Gasteiger partial charge on any atom is 0.249 e. The van der Waals surface area contributed by atoms with Crippen molar-refractivity contribution in [3.63, 3.8) is 0 Å². The standard InChI is InChI=1S/C14H21FN2O2/c1-3-17(14(18)10-19-9-8-16)11(2)12-4-6-13(15)7-5-12/h4-7,11H,3,8-10,16H2,1-2H3. The van der Waals surface area contributed by atoms with Crippen LogP contribution in [0.15, 0.2) is 24.3 Å². The van der Waals surface area contributed by atoms with Gasteiger partial charge in [0, 0.05) is 13.1 Å². The van der Waals surface area contributed by atoms with Crippen molar-refractivity contribution in [3.05, 3.63) is 35.6 Å². The molecule has 0 aromatic heterocycles. The second-order valence-corrected chi connectivity index (χ2v) is 4.25. The topological polar surface area (TPSA) is 55.6 Å². The second kappa shape index (κ2) is 7.86. The van der Waals surface area contributed by atoms with E-state index in [4.69, 9.17) is 10.5 Å². The van der Waals surface area contributed by atoms with Gasteiger partial charge in [0.2, 0.25) is 5.91 Å². The third kappa shape index (κ3) is 4.61. The maximum absolute atomic E-state index is 12.9. The number of likely N-dealkylation sites (N-methyl/N-ethyl adjacent to an activating group) is 1. The van der Waals surface area contributed by atoms with Crippen molar-refractivity contribution in [2.75, 3.05) is 26.3 Å². The van der Waals surface area contributed by atoms with Crippen LogP contribution in [0, 0.1) is 5.82 Å². The molecule has 0 aliphatic heterocycles. The zero-order chi connectivity index (χ0) is 14.3. The molecule has 19 heavy (non-hydrogen) atoms. The van der Waals surface area contributed by atoms with Gasteiger partial charge in [-0.15, -0.1) is 0 Å². The Morgan fingerprint density at radius 1 is 1.42 bits per heavy atom. The van der Waals surface area contributed by atoms with Gasteiger partial charge >= 0.3 is 0 Å². The number of benzene rings is 1. The summed E-state index contributed by atoms with van der Waals surface area (Å²) < 4.78 is 18.0. The molecule has 1 amide bonds. The van der Waals surface area contributed by atoms with Crippen LogP contribution in [0.2, 0.25) is 0 Å². The van der Waals surface area contributed by atoms with Gasteiger partial charge in [-0.25, -0.2) is 4.39 Å². The Morgan fingerprint density at radius 3 is 2.58 bits per heavy atom. The van der Waals surface area contributed by atoms with Crippen LogP contribution in [0.1, 0.15) is 25.5 Å². The fraction of sp³-hybridized carbons (Fsp3) is 0.500. The number of nitrogens with zero attached hydrogens (tertiary/aromatic N) is 1. The highest BCUT2D eigenvalue weighted by Gasteiger charge is 2.19. The summed E-state index contributed by atoms with van der Waals surface area (Å²) in [5.41, 5.74) is 6.20. The van der Waals surface area contributed by atoms with Crippen LogP contribution in [-0.4, -0.2) is 37.1 Å². The monoisotopic (exact) mass is 268 g/mol. The fourth-order valence-electron chi connectivity index (χ4n) is 1.91. The molecule has 4 nitrogen and oxygen atoms in total. The van der Waals surface area contributed by atoms with Gasteiger partial charge in [-0.3, -0.25) is 4.79 Å². The van der Waals surface area contributed by atoms with Crippen molar-refractivity contribution in [1.82, 2.24) is 4.90 Å². The number of hydrogen-bond acceptors (Lipinski definition) is 3. The Balaban J connectivity index is 2.67. The Bertz CT molecular complexity index is 395. The number of halogens is 1. The first-order valence-corrected chi connectivity index (χ1v) is 6.42. The first-order valence-electron chi connectivity index (χ1n) is 6.42. The van der Waals surface area contributed by atoms with E-state index in [-0.39, 0.29) is 24.4 Å². The molecule has 0 saturated heterocycles. The van der Waals surface area contributed by atoms with Crippen LogP contribution >= 0.6 is 0 Å². The summed E-state index contributed by atoms with van der Waals surface area (Å²) >= 11 is 0. The molecule has 0 heterocycles. The van der Waals surface area contributed by atoms with E-state index in [0.29, 0.717) is 19.7 Å². The van der Waals surface area contributed by atoms with Crippen LogP contribution in [0.5, 0.6) is 0 Å². The Labute approximate surface area is 113 Å². The minimum Gasteiger partial charge on any atom is -0.370 e. The normalized spacial score (nSPS) is 12.2. The molecule has 2 N–H and O–H groups in total. The van der Waals surface area contributed by atoms with Gasteiger partial charge in [-0.2, -0.15) is 0 Å². The van der Waals surface area contributed by atoms with Gasteiger partial charge in [0.15, 0.2) is 0 Å². The van der Waals surface area contributed by atoms with Gasteiger partial charge < -0.3 is 15.4 Å². The first-order chi connectivity index (χ1) is 9.10. The van der Waals surface area contributed by atoms with E-state index in [1.165, 1.54) is 12.1 Å². The van der Waals surface area contributed by atoms with E-state index >= 15 is 0 Å². The summed E-state index contributed by atoms with van der Waals surface area (Å²) in [6.45, 7) is 5.18. The lowest BCUT2D eigenvalue weighted by atomic mass is 10.1. The number of rotatable bonds is 7. The van der Waals surface area contributed by atoms with E-state index in [1.54, 1.807) is 17.0 Å². The Kier molecular flexibility index (Phi) is 6.45. The van der Waals surface area contributed by atoms with Crippen molar-refractivity contribution in [2.24, 2.45) is 5.73 Å². The van der Waals surface area contributed by atoms with Crippen molar-refractivity contribution in [3.8, 4) is 0 Å². The molecule has 0 aliphatic carbocycles. The molecule has 1 aromatic rings. The zero-order valence-corrected chi connectivity index (χ0v) is 11.4. The SMILES string of the molecule is CCN(C(=O)COCCN)C(C)c1ccc(F)cc1. The van der Waals surface area contributed by atoms with Crippen molar-refractivity contribution in [2.45, 2.75) is 19.9 Å². The van der Waals surface area contributed by atoms with Gasteiger partial charge in [0.1, 0.15) is 12.4 Å². The third-order valence-electron chi connectivity index (χ3n) is 2.97. The lowest BCUT2D eigenvalue weighted by molar-refractivity contribution is -0.138. The molecule has 0 fully saturated rings. The number of ether oxygens (including phenoxy) is 1. The molecule has 106 valence electrons. The number of carbonyl (C=O) groups is 1. The van der Waals surface area contributed by atoms with E-state index in [9.17, 15) is 9.18 Å². The molecule has 0 bridgehead atoms. The average Bonchev–Trinajstić information content (AvgIpc) is 2.40. The van der Waals surface area contributed by atoms with Crippen molar-refractivity contribution < 1.29 is 13.9 Å². The van der Waals surface area contributed by atoms with Gasteiger partial charge in [0.05, 0.1) is 12.6 Å². The molecule has 1 rings (SSSR count). The molecule has 0 spiro atoms. The van der Waals surface area contributed by atoms with Crippen LogP contribution in [0.3, 0.4) is 0 Å². The summed E-state index contributed by atoms with van der Waals surface area (Å²) in [6, 6.07) is 6.07. The number of amides is 1. The fourth-order valence-corrected chi connectivity index (χ4v) is 1.91. The van der Waals surface area contributed by atoms with Crippen LogP contribution in [0.25, 0.3) is 0 Å². The summed E-state index contributed by atoms with van der Waals surface area (Å²) in [5.74, 6) is -0.371.